The number of imidazole rings is 1. The Labute approximate surface area is 158 Å². The molecule has 2 nitrogen and oxygen atoms in total. The van der Waals surface area contributed by atoms with Crippen LogP contribution in [0.3, 0.4) is 0 Å². The molecule has 0 aliphatic heterocycles. The maximum absolute atomic E-state index is 5.00. The molecular formula is C23H20N2S. The maximum atomic E-state index is 5.00. The normalized spacial score (nSPS) is 12.2. The summed E-state index contributed by atoms with van der Waals surface area (Å²) in [5.41, 5.74) is 3.43. The predicted octanol–water partition coefficient (Wildman–Crippen LogP) is 6.10. The van der Waals surface area contributed by atoms with E-state index in [1.54, 1.807) is 0 Å². The first-order valence-corrected chi connectivity index (χ1v) is 9.57. The Bertz CT molecular complexity index is 1010. The van der Waals surface area contributed by atoms with E-state index in [1.165, 1.54) is 10.5 Å². The van der Waals surface area contributed by atoms with Crippen LogP contribution in [0, 0.1) is 0 Å². The maximum Gasteiger partial charge on any atom is 0.128 e. The van der Waals surface area contributed by atoms with Crippen LogP contribution < -0.4 is 0 Å². The minimum atomic E-state index is 0.117. The Balaban J connectivity index is 1.87. The summed E-state index contributed by atoms with van der Waals surface area (Å²) in [7, 11) is 0. The summed E-state index contributed by atoms with van der Waals surface area (Å²) in [6.45, 7) is 4.69. The van der Waals surface area contributed by atoms with Gasteiger partial charge in [0.15, 0.2) is 0 Å². The number of fused-ring (bicyclic) bond motifs is 1. The molecular weight excluding hydrogens is 336 g/mol. The molecule has 4 rings (SSSR count). The fourth-order valence-corrected chi connectivity index (χ4v) is 4.31. The quantitative estimate of drug-likeness (QED) is 0.307. The van der Waals surface area contributed by atoms with Gasteiger partial charge >= 0.3 is 0 Å². The average molecular weight is 356 g/mol. The Morgan fingerprint density at radius 1 is 0.885 bits per heavy atom. The zero-order chi connectivity index (χ0) is 17.8. The lowest BCUT2D eigenvalue weighted by Crippen LogP contribution is -2.08. The molecule has 26 heavy (non-hydrogen) atoms. The van der Waals surface area contributed by atoms with Crippen LogP contribution in [0.25, 0.3) is 11.0 Å². The fraction of sp³-hybridized carbons (Fsp3) is 0.0870. The standard InChI is InChI=1S/C23H20N2S/c1-2-17-25-21-16-10-9-15-20(21)24-23(25)22(18-11-5-3-6-12-18)26-19-13-7-4-8-14-19/h2-16,22H,1,17H2. The van der Waals surface area contributed by atoms with Crippen molar-refractivity contribution < 1.29 is 0 Å². The van der Waals surface area contributed by atoms with Crippen molar-refractivity contribution in [2.75, 3.05) is 0 Å². The highest BCUT2D eigenvalue weighted by Crippen LogP contribution is 2.40. The summed E-state index contributed by atoms with van der Waals surface area (Å²) in [4.78, 5) is 6.23. The van der Waals surface area contributed by atoms with Gasteiger partial charge in [0, 0.05) is 11.4 Å². The molecule has 0 amide bonds. The van der Waals surface area contributed by atoms with E-state index >= 15 is 0 Å². The Morgan fingerprint density at radius 3 is 2.27 bits per heavy atom. The van der Waals surface area contributed by atoms with Gasteiger partial charge in [0.1, 0.15) is 5.82 Å². The molecule has 128 valence electrons. The summed E-state index contributed by atoms with van der Waals surface area (Å²) >= 11 is 1.83. The number of hydrogen-bond donors (Lipinski definition) is 0. The molecule has 0 aliphatic carbocycles. The highest BCUT2D eigenvalue weighted by atomic mass is 32.2. The van der Waals surface area contributed by atoms with Crippen molar-refractivity contribution in [1.82, 2.24) is 9.55 Å². The van der Waals surface area contributed by atoms with Crippen molar-refractivity contribution in [2.45, 2.75) is 16.7 Å². The van der Waals surface area contributed by atoms with Gasteiger partial charge in [0.05, 0.1) is 16.3 Å². The first-order valence-electron chi connectivity index (χ1n) is 8.69. The number of hydrogen-bond acceptors (Lipinski definition) is 2. The van der Waals surface area contributed by atoms with E-state index in [9.17, 15) is 0 Å². The van der Waals surface area contributed by atoms with Gasteiger partial charge in [0.2, 0.25) is 0 Å². The number of rotatable bonds is 6. The molecule has 0 spiro atoms. The lowest BCUT2D eigenvalue weighted by atomic mass is 10.1. The minimum Gasteiger partial charge on any atom is -0.323 e. The van der Waals surface area contributed by atoms with Gasteiger partial charge in [-0.15, -0.1) is 18.3 Å². The zero-order valence-corrected chi connectivity index (χ0v) is 15.3. The number of thioether (sulfide) groups is 1. The molecule has 0 saturated carbocycles. The second kappa shape index (κ2) is 7.63. The van der Waals surface area contributed by atoms with Crippen LogP contribution >= 0.6 is 11.8 Å². The molecule has 4 aromatic rings. The molecule has 0 bridgehead atoms. The predicted molar refractivity (Wildman–Crippen MR) is 111 cm³/mol. The van der Waals surface area contributed by atoms with E-state index < -0.39 is 0 Å². The van der Waals surface area contributed by atoms with Crippen molar-refractivity contribution in [1.29, 1.82) is 0 Å². The zero-order valence-electron chi connectivity index (χ0n) is 14.5. The highest BCUT2D eigenvalue weighted by Gasteiger charge is 2.22. The first-order chi connectivity index (χ1) is 12.9. The number of nitrogens with zero attached hydrogens (tertiary/aromatic N) is 2. The minimum absolute atomic E-state index is 0.117. The van der Waals surface area contributed by atoms with Crippen LogP contribution in [0.15, 0.2) is 102 Å². The fourth-order valence-electron chi connectivity index (χ4n) is 3.15. The van der Waals surface area contributed by atoms with E-state index in [2.05, 4.69) is 90.0 Å². The molecule has 0 aliphatic rings. The van der Waals surface area contributed by atoms with Crippen molar-refractivity contribution in [2.24, 2.45) is 0 Å². The lowest BCUT2D eigenvalue weighted by molar-refractivity contribution is 0.774. The van der Waals surface area contributed by atoms with Gasteiger partial charge in [-0.2, -0.15) is 0 Å². The van der Waals surface area contributed by atoms with Crippen LogP contribution in [0.1, 0.15) is 16.6 Å². The number of para-hydroxylation sites is 2. The third-order valence-electron chi connectivity index (χ3n) is 4.33. The second-order valence-corrected chi connectivity index (χ2v) is 7.26. The third kappa shape index (κ3) is 3.31. The topological polar surface area (TPSA) is 17.8 Å². The molecule has 3 aromatic carbocycles. The van der Waals surface area contributed by atoms with Gasteiger partial charge in [-0.3, -0.25) is 0 Å². The first kappa shape index (κ1) is 16.7. The van der Waals surface area contributed by atoms with Crippen LogP contribution in [0.4, 0.5) is 0 Å². The van der Waals surface area contributed by atoms with E-state index in [0.717, 1.165) is 23.4 Å². The molecule has 1 unspecified atom stereocenters. The molecule has 0 N–H and O–H groups in total. The summed E-state index contributed by atoms with van der Waals surface area (Å²) < 4.78 is 2.27. The summed E-state index contributed by atoms with van der Waals surface area (Å²) in [6, 6.07) is 29.4. The van der Waals surface area contributed by atoms with Crippen LogP contribution in [-0.2, 0) is 6.54 Å². The Morgan fingerprint density at radius 2 is 1.54 bits per heavy atom. The van der Waals surface area contributed by atoms with Crippen molar-refractivity contribution >= 4 is 22.8 Å². The van der Waals surface area contributed by atoms with Gasteiger partial charge in [-0.1, -0.05) is 66.7 Å². The second-order valence-electron chi connectivity index (χ2n) is 6.08. The lowest BCUT2D eigenvalue weighted by Gasteiger charge is -2.18. The Kier molecular flexibility index (Phi) is 4.89. The van der Waals surface area contributed by atoms with Crippen molar-refractivity contribution in [3.05, 3.63) is 109 Å². The molecule has 3 heteroatoms. The number of benzene rings is 3. The highest BCUT2D eigenvalue weighted by molar-refractivity contribution is 7.99. The van der Waals surface area contributed by atoms with Crippen LogP contribution in [0.5, 0.6) is 0 Å². The summed E-state index contributed by atoms with van der Waals surface area (Å²) in [5.74, 6) is 1.06. The molecule has 0 radical (unpaired) electrons. The van der Waals surface area contributed by atoms with E-state index in [-0.39, 0.29) is 5.25 Å². The van der Waals surface area contributed by atoms with E-state index in [4.69, 9.17) is 4.98 Å². The van der Waals surface area contributed by atoms with E-state index in [1.807, 2.05) is 23.9 Å². The molecule has 1 atom stereocenters. The Hall–Kier alpha value is -2.78. The molecule has 1 heterocycles. The van der Waals surface area contributed by atoms with Gasteiger partial charge in [-0.05, 0) is 29.8 Å². The summed E-state index contributed by atoms with van der Waals surface area (Å²) in [6.07, 6.45) is 1.94. The van der Waals surface area contributed by atoms with Crippen molar-refractivity contribution in [3.8, 4) is 0 Å². The van der Waals surface area contributed by atoms with Crippen LogP contribution in [-0.4, -0.2) is 9.55 Å². The largest absolute Gasteiger partial charge is 0.323 e. The molecule has 0 fully saturated rings. The average Bonchev–Trinajstić information content (AvgIpc) is 3.06. The van der Waals surface area contributed by atoms with Gasteiger partial charge < -0.3 is 4.57 Å². The van der Waals surface area contributed by atoms with Crippen molar-refractivity contribution in [3.63, 3.8) is 0 Å². The molecule has 1 aromatic heterocycles. The monoisotopic (exact) mass is 356 g/mol. The smallest absolute Gasteiger partial charge is 0.128 e. The number of allylic oxidation sites excluding steroid dienone is 1. The molecule has 0 saturated heterocycles. The van der Waals surface area contributed by atoms with Gasteiger partial charge in [0.25, 0.3) is 0 Å². The summed E-state index contributed by atoms with van der Waals surface area (Å²) in [5, 5.41) is 0.117. The van der Waals surface area contributed by atoms with E-state index in [0.29, 0.717) is 0 Å². The SMILES string of the molecule is C=CCn1c(C(Sc2ccccc2)c2ccccc2)nc2ccccc21. The van der Waals surface area contributed by atoms with Gasteiger partial charge in [-0.25, -0.2) is 4.98 Å². The number of aromatic nitrogens is 2. The third-order valence-corrected chi connectivity index (χ3v) is 5.59. The van der Waals surface area contributed by atoms with Crippen LogP contribution in [0.2, 0.25) is 0 Å².